The second-order valence-corrected chi connectivity index (χ2v) is 6.83. The molecule has 0 saturated carbocycles. The van der Waals surface area contributed by atoms with Gasteiger partial charge in [0.25, 0.3) is 5.97 Å². The van der Waals surface area contributed by atoms with Gasteiger partial charge in [0.15, 0.2) is 0 Å². The highest BCUT2D eigenvalue weighted by Gasteiger charge is 2.00. The summed E-state index contributed by atoms with van der Waals surface area (Å²) >= 11 is 1.68. The van der Waals surface area contributed by atoms with Crippen LogP contribution in [0.3, 0.4) is 0 Å². The Kier molecular flexibility index (Phi) is 8.62. The first-order chi connectivity index (χ1) is 13.6. The Morgan fingerprint density at radius 3 is 2.04 bits per heavy atom. The zero-order valence-corrected chi connectivity index (χ0v) is 16.2. The lowest BCUT2D eigenvalue weighted by Gasteiger charge is -2.07. The van der Waals surface area contributed by atoms with E-state index >= 15 is 0 Å². The van der Waals surface area contributed by atoms with Crippen molar-refractivity contribution in [3.05, 3.63) is 90.0 Å². The summed E-state index contributed by atoms with van der Waals surface area (Å²) in [6, 6.07) is 26.0. The Balaban J connectivity index is 0.000000640. The predicted molar refractivity (Wildman–Crippen MR) is 110 cm³/mol. The van der Waals surface area contributed by atoms with E-state index in [0.717, 1.165) is 33.6 Å². The number of hydrogen-bond donors (Lipinski definition) is 2. The van der Waals surface area contributed by atoms with E-state index < -0.39 is 5.97 Å². The maximum absolute atomic E-state index is 9.00. The van der Waals surface area contributed by atoms with Crippen LogP contribution < -0.4 is 4.74 Å². The molecule has 0 unspecified atom stereocenters. The SMILES string of the molecule is CC(=O)O.ON=Cc1ccc(Sc2ccc(OCc3ccccc3)cc2)cc1. The summed E-state index contributed by atoms with van der Waals surface area (Å²) in [5, 5.41) is 19.0. The molecular formula is C22H21NO4S. The summed E-state index contributed by atoms with van der Waals surface area (Å²) in [6.45, 7) is 1.65. The Hall–Kier alpha value is -3.25. The minimum Gasteiger partial charge on any atom is -0.489 e. The van der Waals surface area contributed by atoms with Crippen molar-refractivity contribution in [3.8, 4) is 5.75 Å². The van der Waals surface area contributed by atoms with Gasteiger partial charge in [-0.25, -0.2) is 0 Å². The van der Waals surface area contributed by atoms with E-state index in [1.807, 2.05) is 66.7 Å². The molecular weight excluding hydrogens is 374 g/mol. The molecule has 0 bridgehead atoms. The zero-order valence-electron chi connectivity index (χ0n) is 15.4. The van der Waals surface area contributed by atoms with Crippen LogP contribution in [0.1, 0.15) is 18.1 Å². The highest BCUT2D eigenvalue weighted by molar-refractivity contribution is 7.99. The molecule has 0 aliphatic carbocycles. The van der Waals surface area contributed by atoms with Crippen LogP contribution in [0, 0.1) is 0 Å². The molecule has 144 valence electrons. The van der Waals surface area contributed by atoms with Crippen LogP contribution in [0.5, 0.6) is 5.75 Å². The number of carbonyl (C=O) groups is 1. The molecule has 0 aromatic heterocycles. The molecule has 0 fully saturated rings. The fraction of sp³-hybridized carbons (Fsp3) is 0.0909. The van der Waals surface area contributed by atoms with E-state index in [1.54, 1.807) is 11.8 Å². The zero-order chi connectivity index (χ0) is 20.2. The Morgan fingerprint density at radius 1 is 0.964 bits per heavy atom. The van der Waals surface area contributed by atoms with E-state index in [1.165, 1.54) is 6.21 Å². The maximum Gasteiger partial charge on any atom is 0.300 e. The predicted octanol–water partition coefficient (Wildman–Crippen LogP) is 5.32. The number of oxime groups is 1. The molecule has 0 aliphatic heterocycles. The first-order valence-electron chi connectivity index (χ1n) is 8.48. The molecule has 0 spiro atoms. The summed E-state index contributed by atoms with van der Waals surface area (Å²) in [6.07, 6.45) is 1.41. The van der Waals surface area contributed by atoms with Crippen molar-refractivity contribution in [1.82, 2.24) is 0 Å². The van der Waals surface area contributed by atoms with Gasteiger partial charge in [-0.3, -0.25) is 4.79 Å². The van der Waals surface area contributed by atoms with E-state index in [4.69, 9.17) is 19.8 Å². The van der Waals surface area contributed by atoms with Gasteiger partial charge in [0.2, 0.25) is 0 Å². The lowest BCUT2D eigenvalue weighted by atomic mass is 10.2. The van der Waals surface area contributed by atoms with Crippen LogP contribution in [-0.4, -0.2) is 22.5 Å². The number of aliphatic carboxylic acids is 1. The fourth-order valence-corrected chi connectivity index (χ4v) is 2.99. The van der Waals surface area contributed by atoms with Crippen molar-refractivity contribution in [1.29, 1.82) is 0 Å². The summed E-state index contributed by atoms with van der Waals surface area (Å²) in [7, 11) is 0. The van der Waals surface area contributed by atoms with Crippen LogP contribution in [0.4, 0.5) is 0 Å². The molecule has 0 atom stereocenters. The van der Waals surface area contributed by atoms with Crippen molar-refractivity contribution < 1.29 is 19.8 Å². The smallest absolute Gasteiger partial charge is 0.300 e. The van der Waals surface area contributed by atoms with Gasteiger partial charge in [-0.2, -0.15) is 0 Å². The molecule has 3 rings (SSSR count). The second kappa shape index (κ2) is 11.5. The van der Waals surface area contributed by atoms with E-state index in [9.17, 15) is 0 Å². The Morgan fingerprint density at radius 2 is 1.50 bits per heavy atom. The number of ether oxygens (including phenoxy) is 1. The summed E-state index contributed by atoms with van der Waals surface area (Å²) in [5.41, 5.74) is 2.02. The third-order valence-corrected chi connectivity index (χ3v) is 4.41. The Labute approximate surface area is 168 Å². The van der Waals surface area contributed by atoms with Gasteiger partial charge in [0.1, 0.15) is 12.4 Å². The molecule has 5 nitrogen and oxygen atoms in total. The standard InChI is InChI=1S/C20H17NO2S.C2H4O2/c22-21-14-16-6-10-19(11-7-16)24-20-12-8-18(9-13-20)23-15-17-4-2-1-3-5-17;1-2(3)4/h1-14,22H,15H2;1H3,(H,3,4). The fourth-order valence-electron chi connectivity index (χ4n) is 2.17. The number of carboxylic acid groups (broad SMARTS) is 1. The molecule has 6 heteroatoms. The van der Waals surface area contributed by atoms with E-state index in [0.29, 0.717) is 6.61 Å². The average molecular weight is 395 g/mol. The van der Waals surface area contributed by atoms with Gasteiger partial charge in [-0.05, 0) is 47.5 Å². The minimum absolute atomic E-state index is 0.571. The van der Waals surface area contributed by atoms with Gasteiger partial charge in [0.05, 0.1) is 6.21 Å². The van der Waals surface area contributed by atoms with Crippen molar-refractivity contribution in [2.75, 3.05) is 0 Å². The third kappa shape index (κ3) is 7.97. The number of nitrogens with zero attached hydrogens (tertiary/aromatic N) is 1. The second-order valence-electron chi connectivity index (χ2n) is 5.68. The molecule has 0 saturated heterocycles. The third-order valence-electron chi connectivity index (χ3n) is 3.39. The molecule has 0 radical (unpaired) electrons. The highest BCUT2D eigenvalue weighted by Crippen LogP contribution is 2.29. The van der Waals surface area contributed by atoms with Gasteiger partial charge < -0.3 is 15.1 Å². The van der Waals surface area contributed by atoms with Crippen LogP contribution in [-0.2, 0) is 11.4 Å². The average Bonchev–Trinajstić information content (AvgIpc) is 2.70. The minimum atomic E-state index is -0.833. The van der Waals surface area contributed by atoms with Crippen molar-refractivity contribution in [2.24, 2.45) is 5.16 Å². The lowest BCUT2D eigenvalue weighted by molar-refractivity contribution is -0.134. The largest absolute Gasteiger partial charge is 0.489 e. The maximum atomic E-state index is 9.00. The Bertz CT molecular complexity index is 875. The van der Waals surface area contributed by atoms with Crippen LogP contribution in [0.2, 0.25) is 0 Å². The quantitative estimate of drug-likeness (QED) is 0.336. The molecule has 2 N–H and O–H groups in total. The van der Waals surface area contributed by atoms with Crippen molar-refractivity contribution >= 4 is 23.9 Å². The summed E-state index contributed by atoms with van der Waals surface area (Å²) in [4.78, 5) is 11.3. The van der Waals surface area contributed by atoms with Crippen molar-refractivity contribution in [2.45, 2.75) is 23.3 Å². The van der Waals surface area contributed by atoms with Crippen molar-refractivity contribution in [3.63, 3.8) is 0 Å². The van der Waals surface area contributed by atoms with Gasteiger partial charge >= 0.3 is 0 Å². The molecule has 3 aromatic carbocycles. The molecule has 0 heterocycles. The molecule has 3 aromatic rings. The summed E-state index contributed by atoms with van der Waals surface area (Å²) in [5.74, 6) is 0.0257. The first-order valence-corrected chi connectivity index (χ1v) is 9.30. The van der Waals surface area contributed by atoms with E-state index in [2.05, 4.69) is 17.3 Å². The van der Waals surface area contributed by atoms with Crippen LogP contribution >= 0.6 is 11.8 Å². The molecule has 28 heavy (non-hydrogen) atoms. The van der Waals surface area contributed by atoms with E-state index in [-0.39, 0.29) is 0 Å². The lowest BCUT2D eigenvalue weighted by Crippen LogP contribution is -1.94. The monoisotopic (exact) mass is 395 g/mol. The summed E-state index contributed by atoms with van der Waals surface area (Å²) < 4.78 is 5.79. The van der Waals surface area contributed by atoms with Gasteiger partial charge in [-0.15, -0.1) is 0 Å². The number of benzene rings is 3. The number of hydrogen-bond acceptors (Lipinski definition) is 5. The number of carboxylic acids is 1. The first kappa shape index (κ1) is 21.1. The van der Waals surface area contributed by atoms with Gasteiger partial charge in [-0.1, -0.05) is 59.4 Å². The van der Waals surface area contributed by atoms with Gasteiger partial charge in [0, 0.05) is 16.7 Å². The molecule has 0 aliphatic rings. The highest BCUT2D eigenvalue weighted by atomic mass is 32.2. The number of rotatable bonds is 6. The molecule has 0 amide bonds. The van der Waals surface area contributed by atoms with Crippen LogP contribution in [0.25, 0.3) is 0 Å². The van der Waals surface area contributed by atoms with Crippen LogP contribution in [0.15, 0.2) is 93.8 Å². The normalized spacial score (nSPS) is 10.2. The topological polar surface area (TPSA) is 79.1 Å².